The minimum atomic E-state index is -4.90. The van der Waals surface area contributed by atoms with Crippen LogP contribution in [0.1, 0.15) is 27.6 Å². The zero-order chi connectivity index (χ0) is 24.5. The van der Waals surface area contributed by atoms with Gasteiger partial charge in [-0.1, -0.05) is 24.3 Å². The highest BCUT2D eigenvalue weighted by atomic mass is 19.4. The van der Waals surface area contributed by atoms with E-state index in [1.807, 2.05) is 0 Å². The summed E-state index contributed by atoms with van der Waals surface area (Å²) in [4.78, 5) is 11.9. The van der Waals surface area contributed by atoms with Crippen molar-refractivity contribution in [3.05, 3.63) is 59.2 Å². The number of alkyl halides is 3. The normalized spacial score (nSPS) is 26.6. The van der Waals surface area contributed by atoms with Gasteiger partial charge in [0.05, 0.1) is 12.2 Å². The number of carbonyl (C=O) groups is 1. The second-order valence-corrected chi connectivity index (χ2v) is 7.70. The van der Waals surface area contributed by atoms with Gasteiger partial charge in [0, 0.05) is 12.6 Å². The Morgan fingerprint density at radius 3 is 2.33 bits per heavy atom. The number of carbonyl (C=O) groups excluding carboxylic acids is 1. The van der Waals surface area contributed by atoms with Crippen LogP contribution in [0.4, 0.5) is 13.2 Å². The van der Waals surface area contributed by atoms with Crippen molar-refractivity contribution in [2.24, 2.45) is 0 Å². The molecule has 2 aromatic rings. The topological polar surface area (TPSA) is 139 Å². The monoisotopic (exact) mass is 471 g/mol. The van der Waals surface area contributed by atoms with Crippen LogP contribution in [0.2, 0.25) is 0 Å². The van der Waals surface area contributed by atoms with Crippen molar-refractivity contribution in [3.63, 3.8) is 0 Å². The number of hydrogen-bond donors (Lipinski definition) is 6. The molecule has 0 spiro atoms. The molecule has 180 valence electrons. The third kappa shape index (κ3) is 5.03. The average molecular weight is 471 g/mol. The minimum Gasteiger partial charge on any atom is -0.394 e. The number of benzene rings is 2. The molecule has 1 fully saturated rings. The van der Waals surface area contributed by atoms with Crippen LogP contribution in [-0.2, 0) is 10.9 Å². The van der Waals surface area contributed by atoms with E-state index in [2.05, 4.69) is 5.32 Å². The molecule has 6 atom stereocenters. The van der Waals surface area contributed by atoms with Crippen LogP contribution in [0.3, 0.4) is 0 Å². The number of hydrogen-bond acceptors (Lipinski definition) is 7. The molecule has 3 rings (SSSR count). The number of amides is 1. The van der Waals surface area contributed by atoms with Gasteiger partial charge in [-0.05, 0) is 34.9 Å². The van der Waals surface area contributed by atoms with Crippen LogP contribution in [0.25, 0.3) is 11.1 Å². The van der Waals surface area contributed by atoms with Crippen molar-refractivity contribution in [1.29, 1.82) is 0 Å². The molecule has 1 heterocycles. The lowest BCUT2D eigenvalue weighted by molar-refractivity contribution is -0.250. The van der Waals surface area contributed by atoms with Gasteiger partial charge in [0.1, 0.15) is 36.6 Å². The molecule has 0 saturated carbocycles. The number of aliphatic hydroxyl groups is 5. The Hall–Kier alpha value is -2.54. The molecular formula is C22H24F3NO7. The molecule has 1 aliphatic rings. The summed E-state index contributed by atoms with van der Waals surface area (Å²) in [7, 11) is 1.42. The largest absolute Gasteiger partial charge is 0.416 e. The third-order valence-corrected chi connectivity index (χ3v) is 5.60. The summed E-state index contributed by atoms with van der Waals surface area (Å²) in [6.45, 7) is -0.791. The van der Waals surface area contributed by atoms with Gasteiger partial charge in [0.15, 0.2) is 0 Å². The highest BCUT2D eigenvalue weighted by Crippen LogP contribution is 2.40. The molecule has 3 unspecified atom stereocenters. The molecule has 0 bridgehead atoms. The van der Waals surface area contributed by atoms with Crippen molar-refractivity contribution < 1.29 is 48.2 Å². The molecule has 8 nitrogen and oxygen atoms in total. The van der Waals surface area contributed by atoms with Crippen molar-refractivity contribution >= 4 is 5.91 Å². The van der Waals surface area contributed by atoms with E-state index in [-0.39, 0.29) is 11.1 Å². The Bertz CT molecular complexity index is 998. The first-order valence-corrected chi connectivity index (χ1v) is 10.0. The summed E-state index contributed by atoms with van der Waals surface area (Å²) in [6, 6.07) is 9.08. The summed E-state index contributed by atoms with van der Waals surface area (Å²) in [5.41, 5.74) is -1.14. The summed E-state index contributed by atoms with van der Waals surface area (Å²) >= 11 is 0. The number of aliphatic hydroxyl groups excluding tert-OH is 5. The number of halogens is 3. The van der Waals surface area contributed by atoms with E-state index in [0.29, 0.717) is 5.56 Å². The Morgan fingerprint density at radius 1 is 1.06 bits per heavy atom. The summed E-state index contributed by atoms with van der Waals surface area (Å²) < 4.78 is 46.9. The van der Waals surface area contributed by atoms with Crippen molar-refractivity contribution in [3.8, 4) is 11.1 Å². The lowest BCUT2D eigenvalue weighted by Gasteiger charge is -2.42. The quantitative estimate of drug-likeness (QED) is 0.376. The van der Waals surface area contributed by atoms with Gasteiger partial charge in [-0.15, -0.1) is 0 Å². The van der Waals surface area contributed by atoms with Crippen LogP contribution in [0.15, 0.2) is 42.5 Å². The van der Waals surface area contributed by atoms with Crippen molar-refractivity contribution in [2.75, 3.05) is 13.7 Å². The molecule has 11 heteroatoms. The lowest BCUT2D eigenvalue weighted by Crippen LogP contribution is -2.60. The Kier molecular flexibility index (Phi) is 7.42. The zero-order valence-electron chi connectivity index (χ0n) is 17.4. The molecule has 0 aliphatic carbocycles. The molecule has 1 saturated heterocycles. The Labute approximate surface area is 186 Å². The highest BCUT2D eigenvalue weighted by Gasteiger charge is 2.48. The Morgan fingerprint density at radius 2 is 1.73 bits per heavy atom. The Balaban J connectivity index is 2.02. The van der Waals surface area contributed by atoms with E-state index in [0.717, 1.165) is 12.1 Å². The van der Waals surface area contributed by atoms with Gasteiger partial charge in [0.2, 0.25) is 0 Å². The van der Waals surface area contributed by atoms with Crippen LogP contribution in [0.5, 0.6) is 0 Å². The van der Waals surface area contributed by atoms with Crippen molar-refractivity contribution in [2.45, 2.75) is 42.8 Å². The SMILES string of the molecule is CNC(=O)c1cccc(-c2ccc([C@H](O)[C@H]3OC(CO)[C@@H](O)C(O)C3O)c(C(F)(F)F)c2)c1. The van der Waals surface area contributed by atoms with E-state index >= 15 is 0 Å². The van der Waals surface area contributed by atoms with Gasteiger partial charge in [-0.2, -0.15) is 13.2 Å². The van der Waals surface area contributed by atoms with Crippen LogP contribution < -0.4 is 5.32 Å². The first kappa shape index (κ1) is 25.1. The van der Waals surface area contributed by atoms with E-state index in [1.54, 1.807) is 0 Å². The van der Waals surface area contributed by atoms with Gasteiger partial charge >= 0.3 is 6.18 Å². The van der Waals surface area contributed by atoms with Crippen LogP contribution in [0, 0.1) is 0 Å². The van der Waals surface area contributed by atoms with Crippen LogP contribution in [-0.4, -0.2) is 75.6 Å². The van der Waals surface area contributed by atoms with Gasteiger partial charge < -0.3 is 35.6 Å². The number of nitrogens with one attached hydrogen (secondary N) is 1. The molecule has 0 aromatic heterocycles. The third-order valence-electron chi connectivity index (χ3n) is 5.60. The minimum absolute atomic E-state index is 0.123. The fraction of sp³-hybridized carbons (Fsp3) is 0.409. The average Bonchev–Trinajstić information content (AvgIpc) is 2.81. The second-order valence-electron chi connectivity index (χ2n) is 7.70. The molecule has 2 aromatic carbocycles. The fourth-order valence-corrected chi connectivity index (χ4v) is 3.79. The first-order valence-electron chi connectivity index (χ1n) is 10.0. The van der Waals surface area contributed by atoms with Crippen molar-refractivity contribution in [1.82, 2.24) is 5.32 Å². The van der Waals surface area contributed by atoms with Gasteiger partial charge in [0.25, 0.3) is 5.91 Å². The van der Waals surface area contributed by atoms with E-state index in [9.17, 15) is 43.5 Å². The van der Waals surface area contributed by atoms with E-state index in [1.165, 1.54) is 37.4 Å². The molecular weight excluding hydrogens is 447 g/mol. The molecule has 33 heavy (non-hydrogen) atoms. The smallest absolute Gasteiger partial charge is 0.394 e. The predicted molar refractivity (Wildman–Crippen MR) is 109 cm³/mol. The van der Waals surface area contributed by atoms with E-state index in [4.69, 9.17) is 4.74 Å². The standard InChI is InChI=1S/C22H24F3NO7/c1-26-21(32)12-4-2-3-10(7-12)11-5-6-13(14(8-11)22(23,24)25)16(28)20-19(31)18(30)17(29)15(9-27)33-20/h2-8,15-20,27-31H,9H2,1H3,(H,26,32)/t15?,16-,17+,18?,19?,20+/m0/s1. The summed E-state index contributed by atoms with van der Waals surface area (Å²) in [5.74, 6) is -0.414. The maximum Gasteiger partial charge on any atom is 0.416 e. The highest BCUT2D eigenvalue weighted by molar-refractivity contribution is 5.95. The van der Waals surface area contributed by atoms with E-state index < -0.39 is 66.4 Å². The molecule has 1 amide bonds. The molecule has 1 aliphatic heterocycles. The number of ether oxygens (including phenoxy) is 1. The summed E-state index contributed by atoms with van der Waals surface area (Å²) in [5, 5.41) is 52.4. The second kappa shape index (κ2) is 9.75. The maximum absolute atomic E-state index is 13.9. The fourth-order valence-electron chi connectivity index (χ4n) is 3.79. The van der Waals surface area contributed by atoms with Gasteiger partial charge in [-0.3, -0.25) is 4.79 Å². The zero-order valence-corrected chi connectivity index (χ0v) is 17.4. The molecule has 6 N–H and O–H groups in total. The maximum atomic E-state index is 13.9. The molecule has 0 radical (unpaired) electrons. The summed E-state index contributed by atoms with van der Waals surface area (Å²) in [6.07, 6.45) is -15.6. The van der Waals surface area contributed by atoms with Crippen LogP contribution >= 0.6 is 0 Å². The first-order chi connectivity index (χ1) is 15.5. The van der Waals surface area contributed by atoms with Gasteiger partial charge in [-0.25, -0.2) is 0 Å². The predicted octanol–water partition coefficient (Wildman–Crippen LogP) is 0.608. The lowest BCUT2D eigenvalue weighted by atomic mass is 9.87. The number of rotatable bonds is 5.